The maximum absolute atomic E-state index is 4.22. The number of hydrogen-bond acceptors (Lipinski definition) is 2. The summed E-state index contributed by atoms with van der Waals surface area (Å²) in [5.74, 6) is 1.01. The number of benzene rings is 1. The van der Waals surface area contributed by atoms with Crippen LogP contribution in [0.3, 0.4) is 0 Å². The van der Waals surface area contributed by atoms with E-state index in [1.165, 1.54) is 16.7 Å². The summed E-state index contributed by atoms with van der Waals surface area (Å²) >= 11 is 0. The van der Waals surface area contributed by atoms with Crippen molar-refractivity contribution >= 4 is 5.82 Å². The monoisotopic (exact) mass is 269 g/mol. The number of nitrogens with one attached hydrogen (secondary N) is 1. The molecular weight excluding hydrogens is 246 g/mol. The van der Waals surface area contributed by atoms with Crippen LogP contribution >= 0.6 is 0 Å². The molecule has 0 saturated carbocycles. The van der Waals surface area contributed by atoms with Crippen molar-refractivity contribution in [2.24, 2.45) is 0 Å². The van der Waals surface area contributed by atoms with Gasteiger partial charge in [-0.1, -0.05) is 24.8 Å². The number of aromatic amines is 1. The van der Waals surface area contributed by atoms with Gasteiger partial charge >= 0.3 is 0 Å². The average molecular weight is 269 g/mol. The van der Waals surface area contributed by atoms with Crippen molar-refractivity contribution in [3.05, 3.63) is 59.4 Å². The van der Waals surface area contributed by atoms with Gasteiger partial charge in [-0.2, -0.15) is 5.10 Å². The molecule has 1 aromatic heterocycles. The van der Waals surface area contributed by atoms with Crippen LogP contribution in [0.25, 0.3) is 0 Å². The zero-order chi connectivity index (χ0) is 14.5. The molecule has 1 N–H and O–H groups in total. The molecule has 0 bridgehead atoms. The second-order valence-corrected chi connectivity index (χ2v) is 5.17. The van der Waals surface area contributed by atoms with Gasteiger partial charge in [-0.25, -0.2) is 0 Å². The van der Waals surface area contributed by atoms with E-state index in [0.717, 1.165) is 30.9 Å². The normalized spacial score (nSPS) is 10.6. The predicted octanol–water partition coefficient (Wildman–Crippen LogP) is 4.00. The predicted molar refractivity (Wildman–Crippen MR) is 85.0 cm³/mol. The van der Waals surface area contributed by atoms with Crippen molar-refractivity contribution in [1.82, 2.24) is 10.2 Å². The maximum Gasteiger partial charge on any atom is 0.128 e. The van der Waals surface area contributed by atoms with Crippen molar-refractivity contribution in [3.63, 3.8) is 0 Å². The van der Waals surface area contributed by atoms with Crippen LogP contribution in [0.15, 0.2) is 42.7 Å². The summed E-state index contributed by atoms with van der Waals surface area (Å²) in [7, 11) is 0. The van der Waals surface area contributed by atoms with E-state index < -0.39 is 0 Å². The molecule has 1 aromatic carbocycles. The largest absolute Gasteiger partial charge is 0.331 e. The third-order valence-corrected chi connectivity index (χ3v) is 3.75. The number of allylic oxidation sites excluding steroid dienone is 1. The summed E-state index contributed by atoms with van der Waals surface area (Å²) in [6, 6.07) is 8.65. The van der Waals surface area contributed by atoms with Gasteiger partial charge < -0.3 is 4.90 Å². The van der Waals surface area contributed by atoms with Crippen LogP contribution in [0, 0.1) is 13.8 Å². The standard InChI is InChI=1S/C17H23N3/c1-5-20(17-10-11-18-19-17)15(4)7-9-16-8-6-13(2)14(3)12-16/h6,8,10-12H,4-5,7,9H2,1-3H3,(H,18,19). The zero-order valence-corrected chi connectivity index (χ0v) is 12.6. The Morgan fingerprint density at radius 2 is 2.05 bits per heavy atom. The molecule has 0 fully saturated rings. The molecule has 3 nitrogen and oxygen atoms in total. The lowest BCUT2D eigenvalue weighted by atomic mass is 10.0. The Labute approximate surface area is 121 Å². The van der Waals surface area contributed by atoms with Crippen molar-refractivity contribution in [2.75, 3.05) is 11.4 Å². The van der Waals surface area contributed by atoms with Gasteiger partial charge in [-0.3, -0.25) is 5.10 Å². The number of aromatic nitrogens is 2. The fourth-order valence-electron chi connectivity index (χ4n) is 2.35. The minimum absolute atomic E-state index is 0.897. The minimum Gasteiger partial charge on any atom is -0.331 e. The molecule has 2 aromatic rings. The molecule has 0 aliphatic carbocycles. The second kappa shape index (κ2) is 6.42. The first kappa shape index (κ1) is 14.4. The van der Waals surface area contributed by atoms with Gasteiger partial charge in [0.2, 0.25) is 0 Å². The maximum atomic E-state index is 4.22. The van der Waals surface area contributed by atoms with E-state index >= 15 is 0 Å². The number of H-pyrrole nitrogens is 1. The quantitative estimate of drug-likeness (QED) is 0.859. The van der Waals surface area contributed by atoms with E-state index in [4.69, 9.17) is 0 Å². The average Bonchev–Trinajstić information content (AvgIpc) is 2.95. The first-order valence-corrected chi connectivity index (χ1v) is 7.12. The van der Waals surface area contributed by atoms with Gasteiger partial charge in [-0.05, 0) is 50.3 Å². The summed E-state index contributed by atoms with van der Waals surface area (Å²) in [4.78, 5) is 2.17. The van der Waals surface area contributed by atoms with E-state index in [2.05, 4.69) is 60.6 Å². The van der Waals surface area contributed by atoms with E-state index in [1.54, 1.807) is 6.20 Å². The Bertz CT molecular complexity index is 570. The number of nitrogens with zero attached hydrogens (tertiary/aromatic N) is 2. The van der Waals surface area contributed by atoms with Crippen LogP contribution in [-0.4, -0.2) is 16.7 Å². The van der Waals surface area contributed by atoms with Crippen molar-refractivity contribution < 1.29 is 0 Å². The van der Waals surface area contributed by atoms with Crippen molar-refractivity contribution in [2.45, 2.75) is 33.6 Å². The molecule has 0 spiro atoms. The number of aryl methyl sites for hydroxylation is 3. The number of rotatable bonds is 6. The Morgan fingerprint density at radius 1 is 1.25 bits per heavy atom. The number of hydrogen-bond donors (Lipinski definition) is 1. The molecule has 0 amide bonds. The molecule has 0 atom stereocenters. The van der Waals surface area contributed by atoms with Gasteiger partial charge in [0, 0.05) is 18.3 Å². The van der Waals surface area contributed by atoms with Crippen LogP contribution in [0.1, 0.15) is 30.0 Å². The molecule has 0 aliphatic heterocycles. The fraction of sp³-hybridized carbons (Fsp3) is 0.353. The second-order valence-electron chi connectivity index (χ2n) is 5.17. The Morgan fingerprint density at radius 3 is 2.65 bits per heavy atom. The molecule has 3 heteroatoms. The topological polar surface area (TPSA) is 31.9 Å². The lowest BCUT2D eigenvalue weighted by Crippen LogP contribution is -2.22. The summed E-state index contributed by atoms with van der Waals surface area (Å²) in [5, 5.41) is 7.00. The highest BCUT2D eigenvalue weighted by molar-refractivity contribution is 5.44. The molecule has 0 unspecified atom stereocenters. The highest BCUT2D eigenvalue weighted by Gasteiger charge is 2.09. The molecule has 106 valence electrons. The first-order valence-electron chi connectivity index (χ1n) is 7.12. The molecule has 20 heavy (non-hydrogen) atoms. The molecule has 2 rings (SSSR count). The third kappa shape index (κ3) is 3.29. The minimum atomic E-state index is 0.897. The molecular formula is C17H23N3. The highest BCUT2D eigenvalue weighted by atomic mass is 15.3. The highest BCUT2D eigenvalue weighted by Crippen LogP contribution is 2.19. The van der Waals surface area contributed by atoms with E-state index in [-0.39, 0.29) is 0 Å². The lowest BCUT2D eigenvalue weighted by molar-refractivity contribution is 0.830. The summed E-state index contributed by atoms with van der Waals surface area (Å²) in [5.41, 5.74) is 5.19. The van der Waals surface area contributed by atoms with Crippen LogP contribution in [0.5, 0.6) is 0 Å². The molecule has 1 heterocycles. The van der Waals surface area contributed by atoms with Gasteiger partial charge in [0.15, 0.2) is 0 Å². The third-order valence-electron chi connectivity index (χ3n) is 3.75. The molecule has 0 radical (unpaired) electrons. The van der Waals surface area contributed by atoms with E-state index in [1.807, 2.05) is 6.07 Å². The van der Waals surface area contributed by atoms with Crippen molar-refractivity contribution in [3.8, 4) is 0 Å². The molecule has 0 saturated heterocycles. The Balaban J connectivity index is 1.99. The zero-order valence-electron chi connectivity index (χ0n) is 12.6. The van der Waals surface area contributed by atoms with E-state index in [0.29, 0.717) is 0 Å². The Kier molecular flexibility index (Phi) is 4.61. The summed E-state index contributed by atoms with van der Waals surface area (Å²) in [6.07, 6.45) is 3.74. The van der Waals surface area contributed by atoms with Gasteiger partial charge in [0.1, 0.15) is 5.82 Å². The summed E-state index contributed by atoms with van der Waals surface area (Å²) < 4.78 is 0. The van der Waals surface area contributed by atoms with Gasteiger partial charge in [0.25, 0.3) is 0 Å². The summed E-state index contributed by atoms with van der Waals surface area (Å²) in [6.45, 7) is 11.6. The van der Waals surface area contributed by atoms with Crippen LogP contribution < -0.4 is 4.90 Å². The number of anilines is 1. The SMILES string of the molecule is C=C(CCc1ccc(C)c(C)c1)N(CC)c1ccn[nH]1. The lowest BCUT2D eigenvalue weighted by Gasteiger charge is -2.23. The first-order chi connectivity index (χ1) is 9.61. The van der Waals surface area contributed by atoms with Crippen LogP contribution in [-0.2, 0) is 6.42 Å². The molecule has 0 aliphatic rings. The van der Waals surface area contributed by atoms with E-state index in [9.17, 15) is 0 Å². The van der Waals surface area contributed by atoms with Crippen molar-refractivity contribution in [1.29, 1.82) is 0 Å². The van der Waals surface area contributed by atoms with Gasteiger partial charge in [-0.15, -0.1) is 0 Å². The van der Waals surface area contributed by atoms with Gasteiger partial charge in [0.05, 0.1) is 6.20 Å². The van der Waals surface area contributed by atoms with Crippen LogP contribution in [0.2, 0.25) is 0 Å². The smallest absolute Gasteiger partial charge is 0.128 e. The Hall–Kier alpha value is -2.03. The fourth-order valence-corrected chi connectivity index (χ4v) is 2.35. The van der Waals surface area contributed by atoms with Crippen LogP contribution in [0.4, 0.5) is 5.82 Å².